The van der Waals surface area contributed by atoms with Gasteiger partial charge in [0.2, 0.25) is 0 Å². The van der Waals surface area contributed by atoms with Gasteiger partial charge >= 0.3 is 0 Å². The molecular weight excluding hydrogens is 204 g/mol. The molecule has 0 heterocycles. The van der Waals surface area contributed by atoms with Gasteiger partial charge in [0.15, 0.2) is 7.38 Å². The predicted molar refractivity (Wildman–Crippen MR) is 65.1 cm³/mol. The van der Waals surface area contributed by atoms with Crippen molar-refractivity contribution in [3.8, 4) is 0 Å². The smallest absolute Gasteiger partial charge is 0.156 e. The van der Waals surface area contributed by atoms with E-state index in [1.165, 1.54) is 37.4 Å². The predicted octanol–water partition coefficient (Wildman–Crippen LogP) is 4.31. The lowest BCUT2D eigenvalue weighted by Crippen LogP contribution is -2.26. The van der Waals surface area contributed by atoms with Gasteiger partial charge in [-0.2, -0.15) is 23.7 Å². The summed E-state index contributed by atoms with van der Waals surface area (Å²) in [6, 6.07) is 3.84. The molecule has 0 aromatic heterocycles. The molecule has 12 heavy (non-hydrogen) atoms. The van der Waals surface area contributed by atoms with Crippen molar-refractivity contribution in [3.63, 3.8) is 0 Å². The number of thiol groups is 1. The zero-order valence-electron chi connectivity index (χ0n) is 8.27. The highest BCUT2D eigenvalue weighted by Gasteiger charge is 2.27. The van der Waals surface area contributed by atoms with Gasteiger partial charge in [-0.15, -0.1) is 0 Å². The average Bonchev–Trinajstić information content (AvgIpc) is 2.02. The summed E-state index contributed by atoms with van der Waals surface area (Å²) in [7, 11) is -1.35. The van der Waals surface area contributed by atoms with Crippen LogP contribution in [0.5, 0.6) is 0 Å². The minimum Gasteiger partial charge on any atom is -0.179 e. The summed E-state index contributed by atoms with van der Waals surface area (Å²) >= 11 is 10.9. The minimum atomic E-state index is -1.35. The Bertz CT molecular complexity index is 103. The van der Waals surface area contributed by atoms with Crippen molar-refractivity contribution in [2.45, 2.75) is 51.2 Å². The van der Waals surface area contributed by atoms with Crippen molar-refractivity contribution in [1.29, 1.82) is 0 Å². The Labute approximate surface area is 88.2 Å². The molecule has 0 rings (SSSR count). The van der Waals surface area contributed by atoms with Crippen LogP contribution in [-0.4, -0.2) is 13.1 Å². The molecule has 0 aliphatic carbocycles. The molecule has 0 amide bonds. The Morgan fingerprint density at radius 2 is 1.58 bits per heavy atom. The van der Waals surface area contributed by atoms with Gasteiger partial charge in [-0.25, -0.2) is 0 Å². The molecule has 0 saturated carbocycles. The third kappa shape index (κ3) is 5.49. The van der Waals surface area contributed by atoms with Gasteiger partial charge in [-0.1, -0.05) is 26.7 Å². The normalized spacial score (nSPS) is 12.0. The van der Waals surface area contributed by atoms with Crippen LogP contribution in [0.3, 0.4) is 0 Å². The van der Waals surface area contributed by atoms with E-state index >= 15 is 0 Å². The van der Waals surface area contributed by atoms with E-state index in [4.69, 9.17) is 11.1 Å². The van der Waals surface area contributed by atoms with Gasteiger partial charge in [0.25, 0.3) is 0 Å². The van der Waals surface area contributed by atoms with Crippen LogP contribution in [0.15, 0.2) is 0 Å². The third-order valence-electron chi connectivity index (χ3n) is 2.18. The number of hydrogen-bond donors (Lipinski definition) is 1. The van der Waals surface area contributed by atoms with E-state index in [1.807, 2.05) is 0 Å². The van der Waals surface area contributed by atoms with Crippen molar-refractivity contribution >= 4 is 31.1 Å². The van der Waals surface area contributed by atoms with Crippen LogP contribution in [0, 0.1) is 0 Å². The van der Waals surface area contributed by atoms with Crippen LogP contribution >= 0.6 is 23.7 Å². The van der Waals surface area contributed by atoms with E-state index in [-0.39, 0.29) is 0 Å². The first-order valence-electron chi connectivity index (χ1n) is 4.98. The van der Waals surface area contributed by atoms with Crippen LogP contribution in [0.4, 0.5) is 0 Å². The van der Waals surface area contributed by atoms with Gasteiger partial charge in [0.1, 0.15) is 0 Å². The lowest BCUT2D eigenvalue weighted by Gasteiger charge is -2.22. The van der Waals surface area contributed by atoms with Gasteiger partial charge in [-0.3, -0.25) is 0 Å². The molecule has 0 unspecified atom stereocenters. The Balaban J connectivity index is 3.80. The maximum absolute atomic E-state index is 6.62. The zero-order valence-corrected chi connectivity index (χ0v) is 10.9. The largest absolute Gasteiger partial charge is 0.179 e. The first-order valence-corrected chi connectivity index (χ1v) is 9.25. The second-order valence-corrected chi connectivity index (χ2v) is 10.1. The SMILES string of the molecule is CCC[Si](Cl)(CCC)CCCS. The van der Waals surface area contributed by atoms with Crippen LogP contribution in [-0.2, 0) is 0 Å². The fraction of sp³-hybridized carbons (Fsp3) is 1.00. The summed E-state index contributed by atoms with van der Waals surface area (Å²) in [6.07, 6.45) is 3.71. The molecule has 0 fully saturated rings. The highest BCUT2D eigenvalue weighted by Crippen LogP contribution is 2.29. The van der Waals surface area contributed by atoms with Gasteiger partial charge in [0.05, 0.1) is 0 Å². The molecule has 0 radical (unpaired) electrons. The Kier molecular flexibility index (Phi) is 7.80. The summed E-state index contributed by atoms with van der Waals surface area (Å²) < 4.78 is 0. The first kappa shape index (κ1) is 12.9. The van der Waals surface area contributed by atoms with Crippen LogP contribution in [0.25, 0.3) is 0 Å². The second-order valence-electron chi connectivity index (χ2n) is 3.48. The molecule has 0 atom stereocenters. The lowest BCUT2D eigenvalue weighted by molar-refractivity contribution is 0.953. The molecule has 3 heteroatoms. The number of rotatable bonds is 7. The Morgan fingerprint density at radius 3 is 1.92 bits per heavy atom. The molecule has 0 bridgehead atoms. The molecule has 0 aromatic rings. The quantitative estimate of drug-likeness (QED) is 0.372. The minimum absolute atomic E-state index is 0.995. The summed E-state index contributed by atoms with van der Waals surface area (Å²) in [5.74, 6) is 0.995. The van der Waals surface area contributed by atoms with E-state index in [0.29, 0.717) is 0 Å². The van der Waals surface area contributed by atoms with E-state index < -0.39 is 7.38 Å². The van der Waals surface area contributed by atoms with Gasteiger partial charge in [0, 0.05) is 0 Å². The van der Waals surface area contributed by atoms with Crippen molar-refractivity contribution < 1.29 is 0 Å². The zero-order chi connectivity index (χ0) is 9.45. The standard InChI is InChI=1S/C9H21ClSSi/c1-3-7-12(10,8-4-2)9-5-6-11/h11H,3-9H2,1-2H3. The van der Waals surface area contributed by atoms with Crippen LogP contribution in [0.1, 0.15) is 33.1 Å². The summed E-state index contributed by atoms with van der Waals surface area (Å²) in [6.45, 7) is 4.47. The monoisotopic (exact) mass is 224 g/mol. The summed E-state index contributed by atoms with van der Waals surface area (Å²) in [5.41, 5.74) is 0. The maximum Gasteiger partial charge on any atom is 0.156 e. The van der Waals surface area contributed by atoms with E-state index in [0.717, 1.165) is 5.75 Å². The highest BCUT2D eigenvalue weighted by molar-refractivity contribution is 7.80. The molecular formula is C9H21ClSSi. The molecule has 0 aliphatic heterocycles. The number of halogens is 1. The summed E-state index contributed by atoms with van der Waals surface area (Å²) in [5, 5.41) is 0. The topological polar surface area (TPSA) is 0 Å². The summed E-state index contributed by atoms with van der Waals surface area (Å²) in [4.78, 5) is 0. The fourth-order valence-corrected chi connectivity index (χ4v) is 7.01. The van der Waals surface area contributed by atoms with Crippen LogP contribution in [0.2, 0.25) is 18.1 Å². The lowest BCUT2D eigenvalue weighted by atomic mass is 10.5. The van der Waals surface area contributed by atoms with E-state index in [2.05, 4.69) is 26.5 Å². The van der Waals surface area contributed by atoms with Crippen molar-refractivity contribution in [2.24, 2.45) is 0 Å². The molecule has 0 aromatic carbocycles. The molecule has 0 N–H and O–H groups in total. The van der Waals surface area contributed by atoms with Gasteiger partial charge < -0.3 is 0 Å². The Morgan fingerprint density at radius 1 is 1.08 bits per heavy atom. The average molecular weight is 225 g/mol. The highest BCUT2D eigenvalue weighted by atomic mass is 35.6. The van der Waals surface area contributed by atoms with Crippen molar-refractivity contribution in [1.82, 2.24) is 0 Å². The second kappa shape index (κ2) is 7.28. The molecule has 0 aliphatic rings. The third-order valence-corrected chi connectivity index (χ3v) is 8.24. The molecule has 74 valence electrons. The van der Waals surface area contributed by atoms with Crippen molar-refractivity contribution in [3.05, 3.63) is 0 Å². The maximum atomic E-state index is 6.62. The first-order chi connectivity index (χ1) is 5.68. The van der Waals surface area contributed by atoms with Gasteiger partial charge in [-0.05, 0) is 30.3 Å². The molecule has 0 spiro atoms. The number of hydrogen-bond acceptors (Lipinski definition) is 1. The molecule has 0 saturated heterocycles. The van der Waals surface area contributed by atoms with Crippen molar-refractivity contribution in [2.75, 3.05) is 5.75 Å². The van der Waals surface area contributed by atoms with E-state index in [1.54, 1.807) is 0 Å². The Hall–Kier alpha value is 0.857. The van der Waals surface area contributed by atoms with Crippen LogP contribution < -0.4 is 0 Å². The van der Waals surface area contributed by atoms with E-state index in [9.17, 15) is 0 Å². The molecule has 0 nitrogen and oxygen atoms in total. The fourth-order valence-electron chi connectivity index (χ4n) is 1.67.